The number of carbonyl (C=O) groups is 2. The maximum Gasteiger partial charge on any atom is 0.416 e. The van der Waals surface area contributed by atoms with E-state index in [2.05, 4.69) is 25.5 Å². The van der Waals surface area contributed by atoms with Gasteiger partial charge in [-0.2, -0.15) is 13.2 Å². The molecule has 9 nitrogen and oxygen atoms in total. The number of hydrogen-bond donors (Lipinski definition) is 2. The number of carbonyl (C=O) groups excluding carboxylic acids is 2. The number of amides is 2. The molecule has 2 aromatic carbocycles. The molecular formula is C31H31F3N6O3S. The molecule has 6 rings (SSSR count). The largest absolute Gasteiger partial charge is 0.416 e. The van der Waals surface area contributed by atoms with Crippen LogP contribution in [0.25, 0.3) is 21.6 Å². The van der Waals surface area contributed by atoms with Crippen LogP contribution in [-0.4, -0.2) is 73.1 Å². The molecule has 0 radical (unpaired) electrons. The van der Waals surface area contributed by atoms with Crippen LogP contribution in [0.3, 0.4) is 0 Å². The summed E-state index contributed by atoms with van der Waals surface area (Å²) in [6.45, 7) is 3.80. The molecule has 44 heavy (non-hydrogen) atoms. The summed E-state index contributed by atoms with van der Waals surface area (Å²) in [5, 5.41) is 6.10. The Balaban J connectivity index is 1.19. The van der Waals surface area contributed by atoms with E-state index in [0.717, 1.165) is 31.5 Å². The summed E-state index contributed by atoms with van der Waals surface area (Å²) >= 11 is 1.28. The molecule has 1 saturated carbocycles. The van der Waals surface area contributed by atoms with Crippen molar-refractivity contribution in [2.45, 2.75) is 19.0 Å². The smallest absolute Gasteiger partial charge is 0.383 e. The number of nitrogens with zero attached hydrogens (tertiary/aromatic N) is 4. The summed E-state index contributed by atoms with van der Waals surface area (Å²) in [7, 11) is 1.63. The molecule has 2 N–H and O–H groups in total. The molecule has 2 fully saturated rings. The SMILES string of the molecule is COCCN1CCN(c2cc(C(=O)Nc3cccc(-c4ccc5nc(NC(=O)C6CC6)sc5n4)c3)cc(C(F)(F)F)c2)CC1. The maximum atomic E-state index is 13.9. The van der Waals surface area contributed by atoms with Crippen LogP contribution in [0.5, 0.6) is 0 Å². The number of thiazole rings is 1. The molecule has 0 unspecified atom stereocenters. The van der Waals surface area contributed by atoms with Crippen molar-refractivity contribution in [3.8, 4) is 11.3 Å². The lowest BCUT2D eigenvalue weighted by molar-refractivity contribution is -0.137. The van der Waals surface area contributed by atoms with E-state index in [4.69, 9.17) is 4.74 Å². The molecule has 1 saturated heterocycles. The molecule has 0 atom stereocenters. The van der Waals surface area contributed by atoms with E-state index in [0.29, 0.717) is 70.9 Å². The molecule has 0 spiro atoms. The van der Waals surface area contributed by atoms with Gasteiger partial charge in [0, 0.05) is 68.3 Å². The Kier molecular flexibility index (Phi) is 8.52. The van der Waals surface area contributed by atoms with Gasteiger partial charge in [0.1, 0.15) is 10.3 Å². The molecule has 2 aromatic heterocycles. The second kappa shape index (κ2) is 12.5. The van der Waals surface area contributed by atoms with Crippen LogP contribution in [0, 0.1) is 5.92 Å². The molecule has 0 bridgehead atoms. The van der Waals surface area contributed by atoms with Gasteiger partial charge in [-0.1, -0.05) is 23.5 Å². The van der Waals surface area contributed by atoms with Crippen LogP contribution in [0.1, 0.15) is 28.8 Å². The van der Waals surface area contributed by atoms with E-state index in [1.165, 1.54) is 17.4 Å². The first-order chi connectivity index (χ1) is 21.2. The number of fused-ring (bicyclic) bond motifs is 1. The van der Waals surface area contributed by atoms with Crippen molar-refractivity contribution in [2.24, 2.45) is 5.92 Å². The number of ether oxygens (including phenoxy) is 1. The summed E-state index contributed by atoms with van der Waals surface area (Å²) < 4.78 is 46.7. The maximum absolute atomic E-state index is 13.9. The molecule has 230 valence electrons. The van der Waals surface area contributed by atoms with E-state index in [1.54, 1.807) is 31.4 Å². The van der Waals surface area contributed by atoms with Gasteiger partial charge in [0.25, 0.3) is 5.91 Å². The van der Waals surface area contributed by atoms with Crippen LogP contribution >= 0.6 is 11.3 Å². The van der Waals surface area contributed by atoms with E-state index < -0.39 is 17.6 Å². The molecule has 2 aliphatic rings. The topological polar surface area (TPSA) is 99.7 Å². The monoisotopic (exact) mass is 624 g/mol. The Morgan fingerprint density at radius 2 is 1.80 bits per heavy atom. The highest BCUT2D eigenvalue weighted by atomic mass is 32.1. The Morgan fingerprint density at radius 3 is 2.52 bits per heavy atom. The number of rotatable bonds is 9. The highest BCUT2D eigenvalue weighted by Gasteiger charge is 2.33. The first-order valence-electron chi connectivity index (χ1n) is 14.3. The third-order valence-corrected chi connectivity index (χ3v) is 8.59. The number of aromatic nitrogens is 2. The number of anilines is 3. The van der Waals surface area contributed by atoms with Crippen molar-refractivity contribution in [3.05, 3.63) is 65.7 Å². The van der Waals surface area contributed by atoms with Crippen LogP contribution in [-0.2, 0) is 15.7 Å². The highest BCUT2D eigenvalue weighted by molar-refractivity contribution is 7.22. The molecule has 2 amide bonds. The minimum absolute atomic E-state index is 0.0267. The summed E-state index contributed by atoms with van der Waals surface area (Å²) in [6.07, 6.45) is -2.81. The second-order valence-electron chi connectivity index (χ2n) is 10.9. The lowest BCUT2D eigenvalue weighted by Crippen LogP contribution is -2.47. The van der Waals surface area contributed by atoms with Gasteiger partial charge in [-0.05, 0) is 55.3 Å². The molecule has 4 aromatic rings. The number of hydrogen-bond acceptors (Lipinski definition) is 8. The zero-order valence-corrected chi connectivity index (χ0v) is 24.8. The Hall–Kier alpha value is -4.07. The van der Waals surface area contributed by atoms with E-state index in [9.17, 15) is 22.8 Å². The minimum Gasteiger partial charge on any atom is -0.383 e. The molecule has 3 heterocycles. The van der Waals surface area contributed by atoms with Crippen molar-refractivity contribution in [1.29, 1.82) is 0 Å². The summed E-state index contributed by atoms with van der Waals surface area (Å²) in [5.74, 6) is -0.607. The fraction of sp³-hybridized carbons (Fsp3) is 0.355. The number of alkyl halides is 3. The Labute approximate surface area is 256 Å². The standard InChI is InChI=1S/C31H31F3N6O3S/c1-43-14-13-39-9-11-40(12-10-39)24-17-21(15-22(18-24)31(32,33)34)28(42)35-23-4-2-3-20(16-23)25-7-8-26-29(36-25)44-30(37-26)38-27(41)19-5-6-19/h2-4,7-8,15-19H,5-6,9-14H2,1H3,(H,35,42)(H,37,38,41). The first-order valence-corrected chi connectivity index (χ1v) is 15.2. The zero-order valence-electron chi connectivity index (χ0n) is 24.0. The van der Waals surface area contributed by atoms with Crippen molar-refractivity contribution in [2.75, 3.05) is 62.0 Å². The first kappa shape index (κ1) is 30.0. The third kappa shape index (κ3) is 7.01. The predicted molar refractivity (Wildman–Crippen MR) is 164 cm³/mol. The van der Waals surface area contributed by atoms with Gasteiger partial charge in [0.15, 0.2) is 5.13 Å². The number of piperazine rings is 1. The van der Waals surface area contributed by atoms with Crippen LogP contribution < -0.4 is 15.5 Å². The second-order valence-corrected chi connectivity index (χ2v) is 11.9. The lowest BCUT2D eigenvalue weighted by Gasteiger charge is -2.36. The van der Waals surface area contributed by atoms with E-state index >= 15 is 0 Å². The number of methoxy groups -OCH3 is 1. The van der Waals surface area contributed by atoms with Crippen molar-refractivity contribution in [3.63, 3.8) is 0 Å². The molecular weight excluding hydrogens is 593 g/mol. The number of nitrogens with one attached hydrogen (secondary N) is 2. The number of pyridine rings is 1. The third-order valence-electron chi connectivity index (χ3n) is 7.71. The fourth-order valence-electron chi connectivity index (χ4n) is 5.08. The quantitative estimate of drug-likeness (QED) is 0.245. The summed E-state index contributed by atoms with van der Waals surface area (Å²) in [6, 6.07) is 14.1. The molecule has 13 heteroatoms. The lowest BCUT2D eigenvalue weighted by atomic mass is 10.1. The minimum atomic E-state index is -4.60. The number of halogens is 3. The van der Waals surface area contributed by atoms with E-state index in [1.807, 2.05) is 17.0 Å². The van der Waals surface area contributed by atoms with Crippen LogP contribution in [0.2, 0.25) is 0 Å². The van der Waals surface area contributed by atoms with Crippen LogP contribution in [0.4, 0.5) is 29.7 Å². The fourth-order valence-corrected chi connectivity index (χ4v) is 5.92. The summed E-state index contributed by atoms with van der Waals surface area (Å²) in [5.41, 5.74) is 1.83. The highest BCUT2D eigenvalue weighted by Crippen LogP contribution is 2.35. The molecule has 1 aliphatic heterocycles. The van der Waals surface area contributed by atoms with Gasteiger partial charge < -0.3 is 20.3 Å². The van der Waals surface area contributed by atoms with Gasteiger partial charge in [0.05, 0.1) is 17.9 Å². The Morgan fingerprint density at radius 1 is 1.00 bits per heavy atom. The van der Waals surface area contributed by atoms with E-state index in [-0.39, 0.29) is 17.4 Å². The molecule has 1 aliphatic carbocycles. The van der Waals surface area contributed by atoms with Crippen molar-refractivity contribution >= 4 is 50.0 Å². The van der Waals surface area contributed by atoms with Gasteiger partial charge in [-0.15, -0.1) is 0 Å². The van der Waals surface area contributed by atoms with Crippen molar-refractivity contribution < 1.29 is 27.5 Å². The van der Waals surface area contributed by atoms with Gasteiger partial charge in [-0.3, -0.25) is 14.5 Å². The van der Waals surface area contributed by atoms with Crippen molar-refractivity contribution in [1.82, 2.24) is 14.9 Å². The average molecular weight is 625 g/mol. The predicted octanol–water partition coefficient (Wildman–Crippen LogP) is 5.75. The van der Waals surface area contributed by atoms with Gasteiger partial charge in [0.2, 0.25) is 5.91 Å². The summed E-state index contributed by atoms with van der Waals surface area (Å²) in [4.78, 5) is 39.3. The van der Waals surface area contributed by atoms with Crippen LogP contribution in [0.15, 0.2) is 54.6 Å². The van der Waals surface area contributed by atoms with Gasteiger partial charge in [-0.25, -0.2) is 9.97 Å². The Bertz CT molecular complexity index is 1680. The normalized spacial score (nSPS) is 15.9. The average Bonchev–Trinajstić information content (AvgIpc) is 3.80. The zero-order chi connectivity index (χ0) is 30.8. The van der Waals surface area contributed by atoms with Gasteiger partial charge >= 0.3 is 6.18 Å². The number of benzene rings is 2.